The second-order valence-electron chi connectivity index (χ2n) is 7.14. The van der Waals surface area contributed by atoms with Gasteiger partial charge in [-0.05, 0) is 35.6 Å². The number of aliphatic hydroxyl groups excluding tert-OH is 1. The molecule has 6 heteroatoms. The summed E-state index contributed by atoms with van der Waals surface area (Å²) >= 11 is 0. The van der Waals surface area contributed by atoms with Crippen LogP contribution >= 0.6 is 0 Å². The van der Waals surface area contributed by atoms with Crippen LogP contribution in [0.3, 0.4) is 0 Å². The van der Waals surface area contributed by atoms with E-state index in [9.17, 15) is 14.7 Å². The summed E-state index contributed by atoms with van der Waals surface area (Å²) in [5.74, 6) is -1.09. The lowest BCUT2D eigenvalue weighted by molar-refractivity contribution is -0.129. The molecule has 0 unspecified atom stereocenters. The fraction of sp³-hybridized carbons (Fsp3) is 0.364. The van der Waals surface area contributed by atoms with Gasteiger partial charge < -0.3 is 19.2 Å². The zero-order chi connectivity index (χ0) is 20.3. The SMILES string of the molecule is COCCCN1C(=O)C(O)=C(C(=O)c2ccco2)[C@@H]1c1ccc(C(C)C)cc1. The first kappa shape index (κ1) is 19.9. The lowest BCUT2D eigenvalue weighted by Crippen LogP contribution is -2.32. The number of rotatable bonds is 8. The highest BCUT2D eigenvalue weighted by Gasteiger charge is 2.44. The van der Waals surface area contributed by atoms with Crippen LogP contribution in [0.15, 0.2) is 58.4 Å². The van der Waals surface area contributed by atoms with Crippen molar-refractivity contribution in [2.24, 2.45) is 0 Å². The topological polar surface area (TPSA) is 80.0 Å². The fourth-order valence-electron chi connectivity index (χ4n) is 3.45. The van der Waals surface area contributed by atoms with E-state index in [0.29, 0.717) is 25.5 Å². The molecule has 1 aliphatic rings. The van der Waals surface area contributed by atoms with Gasteiger partial charge in [0.15, 0.2) is 11.5 Å². The van der Waals surface area contributed by atoms with Crippen molar-refractivity contribution in [3.63, 3.8) is 0 Å². The summed E-state index contributed by atoms with van der Waals surface area (Å²) in [5, 5.41) is 10.5. The van der Waals surface area contributed by atoms with Crippen molar-refractivity contribution in [2.45, 2.75) is 32.2 Å². The minimum atomic E-state index is -0.664. The van der Waals surface area contributed by atoms with Crippen molar-refractivity contribution < 1.29 is 23.8 Å². The number of Topliss-reactive ketones (excluding diaryl/α,β-unsaturated/α-hetero) is 1. The van der Waals surface area contributed by atoms with E-state index in [2.05, 4.69) is 13.8 Å². The van der Waals surface area contributed by atoms with Gasteiger partial charge in [0.25, 0.3) is 5.91 Å². The van der Waals surface area contributed by atoms with Crippen molar-refractivity contribution in [1.29, 1.82) is 0 Å². The Morgan fingerprint density at radius 3 is 2.54 bits per heavy atom. The van der Waals surface area contributed by atoms with E-state index in [1.54, 1.807) is 13.2 Å². The average molecular weight is 383 g/mol. The van der Waals surface area contributed by atoms with Gasteiger partial charge in [-0.2, -0.15) is 0 Å². The Bertz CT molecular complexity index is 865. The van der Waals surface area contributed by atoms with Crippen LogP contribution in [0, 0.1) is 0 Å². The van der Waals surface area contributed by atoms with E-state index in [1.807, 2.05) is 24.3 Å². The Morgan fingerprint density at radius 1 is 1.25 bits per heavy atom. The molecule has 2 aromatic rings. The number of nitrogens with zero attached hydrogens (tertiary/aromatic N) is 1. The Balaban J connectivity index is 2.01. The van der Waals surface area contributed by atoms with E-state index >= 15 is 0 Å². The minimum Gasteiger partial charge on any atom is -0.503 e. The smallest absolute Gasteiger partial charge is 0.290 e. The molecule has 1 aromatic heterocycles. The summed E-state index contributed by atoms with van der Waals surface area (Å²) in [7, 11) is 1.59. The summed E-state index contributed by atoms with van der Waals surface area (Å²) in [6.45, 7) is 5.04. The molecule has 0 saturated heterocycles. The van der Waals surface area contributed by atoms with Crippen molar-refractivity contribution in [1.82, 2.24) is 4.90 Å². The second kappa shape index (κ2) is 8.44. The number of aliphatic hydroxyl groups is 1. The number of amides is 1. The van der Waals surface area contributed by atoms with Crippen molar-refractivity contribution >= 4 is 11.7 Å². The molecule has 1 amide bonds. The summed E-state index contributed by atoms with van der Waals surface area (Å²) in [6, 6.07) is 10.3. The molecular weight excluding hydrogens is 358 g/mol. The number of hydrogen-bond acceptors (Lipinski definition) is 5. The van der Waals surface area contributed by atoms with Gasteiger partial charge in [0.2, 0.25) is 5.78 Å². The van der Waals surface area contributed by atoms with Crippen LogP contribution in [-0.4, -0.2) is 42.0 Å². The van der Waals surface area contributed by atoms with Crippen molar-refractivity contribution in [3.8, 4) is 0 Å². The monoisotopic (exact) mass is 383 g/mol. The van der Waals surface area contributed by atoms with Gasteiger partial charge in [-0.25, -0.2) is 0 Å². The molecule has 0 fully saturated rings. The van der Waals surface area contributed by atoms with Crippen LogP contribution in [-0.2, 0) is 9.53 Å². The third kappa shape index (κ3) is 3.73. The maximum absolute atomic E-state index is 13.0. The number of carbonyl (C=O) groups is 2. The summed E-state index contributed by atoms with van der Waals surface area (Å²) in [4.78, 5) is 27.2. The average Bonchev–Trinajstić information content (AvgIpc) is 3.31. The molecular formula is C22H25NO5. The second-order valence-corrected chi connectivity index (χ2v) is 7.14. The first-order valence-corrected chi connectivity index (χ1v) is 9.36. The number of hydrogen-bond donors (Lipinski definition) is 1. The number of methoxy groups -OCH3 is 1. The highest BCUT2D eigenvalue weighted by molar-refractivity contribution is 6.15. The molecule has 0 saturated carbocycles. The normalized spacial score (nSPS) is 17.1. The first-order chi connectivity index (χ1) is 13.5. The van der Waals surface area contributed by atoms with Gasteiger partial charge in [0, 0.05) is 20.3 Å². The highest BCUT2D eigenvalue weighted by atomic mass is 16.5. The quantitative estimate of drug-likeness (QED) is 0.550. The number of benzene rings is 1. The number of ketones is 1. The molecule has 1 aliphatic heterocycles. The van der Waals surface area contributed by atoms with E-state index in [-0.39, 0.29) is 11.3 Å². The Labute approximate surface area is 164 Å². The van der Waals surface area contributed by atoms with Crippen LogP contribution in [0.2, 0.25) is 0 Å². The molecule has 6 nitrogen and oxygen atoms in total. The lowest BCUT2D eigenvalue weighted by atomic mass is 9.93. The van der Waals surface area contributed by atoms with E-state index < -0.39 is 23.5 Å². The van der Waals surface area contributed by atoms with Crippen LogP contribution in [0.5, 0.6) is 0 Å². The standard InChI is InChI=1S/C22H25NO5/c1-14(2)15-7-9-16(10-8-15)19-18(20(24)17-6-4-13-28-17)21(25)22(26)23(19)11-5-12-27-3/h4,6-10,13-14,19,25H,5,11-12H2,1-3H3/t19-/m0/s1. The van der Waals surface area contributed by atoms with E-state index in [4.69, 9.17) is 9.15 Å². The molecule has 0 aliphatic carbocycles. The predicted octanol–water partition coefficient (Wildman–Crippen LogP) is 4.02. The lowest BCUT2D eigenvalue weighted by Gasteiger charge is -2.27. The van der Waals surface area contributed by atoms with Crippen molar-refractivity contribution in [2.75, 3.05) is 20.3 Å². The highest BCUT2D eigenvalue weighted by Crippen LogP contribution is 2.39. The molecule has 1 aromatic carbocycles. The van der Waals surface area contributed by atoms with Crippen LogP contribution in [0.1, 0.15) is 53.9 Å². The fourth-order valence-corrected chi connectivity index (χ4v) is 3.45. The van der Waals surface area contributed by atoms with Gasteiger partial charge >= 0.3 is 0 Å². The van der Waals surface area contributed by atoms with E-state index in [1.165, 1.54) is 17.2 Å². The third-order valence-electron chi connectivity index (χ3n) is 4.96. The third-order valence-corrected chi connectivity index (χ3v) is 4.96. The molecule has 148 valence electrons. The maximum atomic E-state index is 13.0. The number of carbonyl (C=O) groups excluding carboxylic acids is 2. The number of ether oxygens (including phenoxy) is 1. The van der Waals surface area contributed by atoms with Gasteiger partial charge in [0.1, 0.15) is 0 Å². The van der Waals surface area contributed by atoms with E-state index in [0.717, 1.165) is 11.1 Å². The number of furan rings is 1. The van der Waals surface area contributed by atoms with Gasteiger partial charge in [-0.15, -0.1) is 0 Å². The maximum Gasteiger partial charge on any atom is 0.290 e. The largest absolute Gasteiger partial charge is 0.503 e. The molecule has 1 atom stereocenters. The Morgan fingerprint density at radius 2 is 1.96 bits per heavy atom. The van der Waals surface area contributed by atoms with Gasteiger partial charge in [0.05, 0.1) is 17.9 Å². The van der Waals surface area contributed by atoms with Crippen LogP contribution in [0.4, 0.5) is 0 Å². The van der Waals surface area contributed by atoms with Crippen molar-refractivity contribution in [3.05, 3.63) is 70.9 Å². The van der Waals surface area contributed by atoms with Gasteiger partial charge in [-0.3, -0.25) is 9.59 Å². The first-order valence-electron chi connectivity index (χ1n) is 9.36. The molecule has 2 heterocycles. The zero-order valence-corrected chi connectivity index (χ0v) is 16.3. The van der Waals surface area contributed by atoms with Crippen LogP contribution < -0.4 is 0 Å². The molecule has 28 heavy (non-hydrogen) atoms. The predicted molar refractivity (Wildman–Crippen MR) is 104 cm³/mol. The molecule has 1 N–H and O–H groups in total. The molecule has 3 rings (SSSR count). The minimum absolute atomic E-state index is 0.0506. The Kier molecular flexibility index (Phi) is 5.99. The summed E-state index contributed by atoms with van der Waals surface area (Å²) in [6.07, 6.45) is 1.99. The zero-order valence-electron chi connectivity index (χ0n) is 16.3. The molecule has 0 bridgehead atoms. The Hall–Kier alpha value is -2.86. The molecule has 0 radical (unpaired) electrons. The summed E-state index contributed by atoms with van der Waals surface area (Å²) in [5.41, 5.74) is 1.98. The van der Waals surface area contributed by atoms with Gasteiger partial charge in [-0.1, -0.05) is 38.1 Å². The molecule has 0 spiro atoms. The summed E-state index contributed by atoms with van der Waals surface area (Å²) < 4.78 is 10.3. The van der Waals surface area contributed by atoms with Crippen LogP contribution in [0.25, 0.3) is 0 Å².